The van der Waals surface area contributed by atoms with Gasteiger partial charge in [-0.15, -0.1) is 0 Å². The molecule has 0 saturated carbocycles. The molecule has 2 rings (SSSR count). The number of aromatic amines is 1. The first-order chi connectivity index (χ1) is 9.78. The first-order valence-electron chi connectivity index (χ1n) is 7.43. The number of hydrogen-bond donors (Lipinski definition) is 3. The molecule has 2 heterocycles. The van der Waals surface area contributed by atoms with Crippen LogP contribution in [0.1, 0.15) is 46.0 Å². The molecule has 0 saturated heterocycles. The summed E-state index contributed by atoms with van der Waals surface area (Å²) in [6.45, 7) is 4.44. The van der Waals surface area contributed by atoms with Gasteiger partial charge in [0.2, 0.25) is 5.95 Å². The third kappa shape index (κ3) is 3.37. The number of anilines is 2. The second-order valence-corrected chi connectivity index (χ2v) is 5.05. The minimum atomic E-state index is 0.456. The Bertz CT molecular complexity index is 535. The van der Waals surface area contributed by atoms with Gasteiger partial charge in [-0.25, -0.2) is 0 Å². The van der Waals surface area contributed by atoms with E-state index in [1.807, 2.05) is 7.05 Å². The maximum Gasteiger partial charge on any atom is 0.226 e. The summed E-state index contributed by atoms with van der Waals surface area (Å²) in [5.74, 6) is 1.47. The van der Waals surface area contributed by atoms with E-state index in [1.54, 1.807) is 6.20 Å². The number of aromatic nitrogens is 4. The monoisotopic (exact) mass is 276 g/mol. The second-order valence-electron chi connectivity index (χ2n) is 5.05. The number of nitrogens with one attached hydrogen (secondary N) is 3. The topological polar surface area (TPSA) is 78.5 Å². The Hall–Kier alpha value is -1.85. The van der Waals surface area contributed by atoms with Crippen molar-refractivity contribution in [3.63, 3.8) is 0 Å². The minimum absolute atomic E-state index is 0.456. The van der Waals surface area contributed by atoms with E-state index in [4.69, 9.17) is 0 Å². The summed E-state index contributed by atoms with van der Waals surface area (Å²) < 4.78 is 0. The number of hydrogen-bond acceptors (Lipinski definition) is 5. The molecule has 0 aromatic carbocycles. The third-order valence-corrected chi connectivity index (χ3v) is 3.42. The number of unbranched alkanes of at least 4 members (excludes halogenated alkanes) is 1. The summed E-state index contributed by atoms with van der Waals surface area (Å²) in [4.78, 5) is 8.88. The Morgan fingerprint density at radius 2 is 2.05 bits per heavy atom. The standard InChI is InChI=1S/C14H24N6/c1-4-6-8-10(7-5-2)17-12-11-9-16-20-13(11)19-14(15-3)18-12/h9-10H,4-8H2,1-3H3,(H3,15,16,17,18,19,20). The molecule has 0 spiro atoms. The van der Waals surface area contributed by atoms with Crippen molar-refractivity contribution in [2.45, 2.75) is 52.0 Å². The highest BCUT2D eigenvalue weighted by Gasteiger charge is 2.13. The fourth-order valence-electron chi connectivity index (χ4n) is 2.34. The van der Waals surface area contributed by atoms with E-state index < -0.39 is 0 Å². The molecule has 1 unspecified atom stereocenters. The summed E-state index contributed by atoms with van der Waals surface area (Å²) >= 11 is 0. The van der Waals surface area contributed by atoms with E-state index in [0.717, 1.165) is 23.3 Å². The molecule has 6 heteroatoms. The molecule has 0 aliphatic carbocycles. The van der Waals surface area contributed by atoms with E-state index in [-0.39, 0.29) is 0 Å². The lowest BCUT2D eigenvalue weighted by atomic mass is 10.1. The van der Waals surface area contributed by atoms with Crippen molar-refractivity contribution in [3.8, 4) is 0 Å². The lowest BCUT2D eigenvalue weighted by Crippen LogP contribution is -2.20. The van der Waals surface area contributed by atoms with E-state index in [9.17, 15) is 0 Å². The van der Waals surface area contributed by atoms with Crippen molar-refractivity contribution >= 4 is 22.8 Å². The van der Waals surface area contributed by atoms with Crippen LogP contribution < -0.4 is 10.6 Å². The van der Waals surface area contributed by atoms with E-state index in [2.05, 4.69) is 44.6 Å². The average Bonchev–Trinajstić information content (AvgIpc) is 2.93. The molecule has 3 N–H and O–H groups in total. The zero-order chi connectivity index (χ0) is 14.4. The number of rotatable bonds is 8. The van der Waals surface area contributed by atoms with Crippen LogP contribution in [0.25, 0.3) is 11.0 Å². The van der Waals surface area contributed by atoms with Crippen LogP contribution in [0.5, 0.6) is 0 Å². The van der Waals surface area contributed by atoms with Crippen molar-refractivity contribution < 1.29 is 0 Å². The van der Waals surface area contributed by atoms with Gasteiger partial charge in [0.15, 0.2) is 5.65 Å². The predicted octanol–water partition coefficient (Wildman–Crippen LogP) is 3.17. The second kappa shape index (κ2) is 7.07. The number of fused-ring (bicyclic) bond motifs is 1. The molecule has 0 aliphatic rings. The third-order valence-electron chi connectivity index (χ3n) is 3.42. The Balaban J connectivity index is 2.23. The van der Waals surface area contributed by atoms with Gasteiger partial charge < -0.3 is 10.6 Å². The van der Waals surface area contributed by atoms with Gasteiger partial charge in [-0.05, 0) is 12.8 Å². The summed E-state index contributed by atoms with van der Waals surface area (Å²) in [6, 6.07) is 0.456. The van der Waals surface area contributed by atoms with Crippen LogP contribution in [0.3, 0.4) is 0 Å². The number of H-pyrrole nitrogens is 1. The van der Waals surface area contributed by atoms with Gasteiger partial charge in [-0.3, -0.25) is 5.10 Å². The molecular weight excluding hydrogens is 252 g/mol. The van der Waals surface area contributed by atoms with Crippen molar-refractivity contribution in [1.82, 2.24) is 20.2 Å². The first-order valence-corrected chi connectivity index (χ1v) is 7.43. The Labute approximate surface area is 119 Å². The van der Waals surface area contributed by atoms with Crippen LogP contribution in [0.2, 0.25) is 0 Å². The lowest BCUT2D eigenvalue weighted by Gasteiger charge is -2.19. The molecule has 0 radical (unpaired) electrons. The highest BCUT2D eigenvalue weighted by molar-refractivity contribution is 5.87. The van der Waals surface area contributed by atoms with Gasteiger partial charge in [-0.2, -0.15) is 15.1 Å². The Kier molecular flexibility index (Phi) is 5.15. The zero-order valence-electron chi connectivity index (χ0n) is 12.5. The Morgan fingerprint density at radius 3 is 2.75 bits per heavy atom. The van der Waals surface area contributed by atoms with Crippen molar-refractivity contribution in [2.75, 3.05) is 17.7 Å². The van der Waals surface area contributed by atoms with Gasteiger partial charge in [0.05, 0.1) is 11.6 Å². The molecule has 20 heavy (non-hydrogen) atoms. The maximum absolute atomic E-state index is 4.53. The molecule has 0 bridgehead atoms. The van der Waals surface area contributed by atoms with Crippen LogP contribution in [0.4, 0.5) is 11.8 Å². The summed E-state index contributed by atoms with van der Waals surface area (Å²) in [7, 11) is 1.82. The summed E-state index contributed by atoms with van der Waals surface area (Å²) in [6.07, 6.45) is 7.71. The predicted molar refractivity (Wildman–Crippen MR) is 83.1 cm³/mol. The van der Waals surface area contributed by atoms with Crippen LogP contribution in [0, 0.1) is 0 Å². The van der Waals surface area contributed by atoms with Crippen LogP contribution in [-0.4, -0.2) is 33.3 Å². The molecule has 1 atom stereocenters. The summed E-state index contributed by atoms with van der Waals surface area (Å²) in [5, 5.41) is 14.5. The molecular formula is C14H24N6. The molecule has 0 amide bonds. The molecule has 2 aromatic heterocycles. The van der Waals surface area contributed by atoms with Crippen LogP contribution >= 0.6 is 0 Å². The van der Waals surface area contributed by atoms with E-state index in [0.29, 0.717) is 12.0 Å². The fourth-order valence-corrected chi connectivity index (χ4v) is 2.34. The van der Waals surface area contributed by atoms with Crippen LogP contribution in [0.15, 0.2) is 6.20 Å². The van der Waals surface area contributed by atoms with Gasteiger partial charge in [0.25, 0.3) is 0 Å². The first kappa shape index (κ1) is 14.6. The van der Waals surface area contributed by atoms with Crippen molar-refractivity contribution in [3.05, 3.63) is 6.20 Å². The van der Waals surface area contributed by atoms with E-state index in [1.165, 1.54) is 25.7 Å². The molecule has 6 nitrogen and oxygen atoms in total. The normalized spacial score (nSPS) is 12.6. The maximum atomic E-state index is 4.53. The minimum Gasteiger partial charge on any atom is -0.367 e. The quantitative estimate of drug-likeness (QED) is 0.690. The fraction of sp³-hybridized carbons (Fsp3) is 0.643. The largest absolute Gasteiger partial charge is 0.367 e. The van der Waals surface area contributed by atoms with Crippen molar-refractivity contribution in [2.24, 2.45) is 0 Å². The van der Waals surface area contributed by atoms with Gasteiger partial charge in [0, 0.05) is 13.1 Å². The average molecular weight is 276 g/mol. The SMILES string of the molecule is CCCCC(CCC)Nc1nc(NC)nc2[nH]ncc12. The van der Waals surface area contributed by atoms with Gasteiger partial charge in [-0.1, -0.05) is 33.1 Å². The van der Waals surface area contributed by atoms with Gasteiger partial charge in [0.1, 0.15) is 5.82 Å². The van der Waals surface area contributed by atoms with Crippen molar-refractivity contribution in [1.29, 1.82) is 0 Å². The van der Waals surface area contributed by atoms with Crippen LogP contribution in [-0.2, 0) is 0 Å². The Morgan fingerprint density at radius 1 is 1.20 bits per heavy atom. The smallest absolute Gasteiger partial charge is 0.226 e. The zero-order valence-corrected chi connectivity index (χ0v) is 12.5. The molecule has 110 valence electrons. The summed E-state index contributed by atoms with van der Waals surface area (Å²) in [5.41, 5.74) is 0.762. The number of nitrogens with zero attached hydrogens (tertiary/aromatic N) is 3. The molecule has 2 aromatic rings. The highest BCUT2D eigenvalue weighted by atomic mass is 15.2. The highest BCUT2D eigenvalue weighted by Crippen LogP contribution is 2.22. The molecule has 0 fully saturated rings. The van der Waals surface area contributed by atoms with Gasteiger partial charge >= 0.3 is 0 Å². The lowest BCUT2D eigenvalue weighted by molar-refractivity contribution is 0.563. The molecule has 0 aliphatic heterocycles. The van der Waals surface area contributed by atoms with E-state index >= 15 is 0 Å².